The SMILES string of the molecule is O=C(NCSCSC/N=C/S(=O)CSCSCSC(=O)NCSCSC/N=C/OOCCSCCO)OCCSCCO. The van der Waals surface area contributed by atoms with Gasteiger partial charge in [0.15, 0.2) is 0 Å². The van der Waals surface area contributed by atoms with Gasteiger partial charge in [-0.1, -0.05) is 11.8 Å². The van der Waals surface area contributed by atoms with E-state index >= 15 is 0 Å². The van der Waals surface area contributed by atoms with E-state index in [2.05, 4.69) is 20.6 Å². The largest absolute Gasteiger partial charge is 0.449 e. The molecule has 0 aliphatic rings. The Morgan fingerprint density at radius 3 is 2.12 bits per heavy atom. The number of rotatable bonds is 31. The third kappa shape index (κ3) is 37.4. The molecule has 0 rings (SSSR count). The van der Waals surface area contributed by atoms with Gasteiger partial charge in [-0.2, -0.15) is 28.4 Å². The van der Waals surface area contributed by atoms with Crippen molar-refractivity contribution in [3.8, 4) is 0 Å². The van der Waals surface area contributed by atoms with E-state index in [-0.39, 0.29) is 18.5 Å². The van der Waals surface area contributed by atoms with Crippen LogP contribution in [0.2, 0.25) is 0 Å². The zero-order chi connectivity index (χ0) is 31.5. The van der Waals surface area contributed by atoms with Gasteiger partial charge in [0, 0.05) is 43.4 Å². The predicted octanol–water partition coefficient (Wildman–Crippen LogP) is 4.38. The van der Waals surface area contributed by atoms with Crippen molar-refractivity contribution < 1.29 is 38.5 Å². The lowest BCUT2D eigenvalue weighted by atomic mass is 10.8. The van der Waals surface area contributed by atoms with E-state index in [9.17, 15) is 13.8 Å². The Bertz CT molecular complexity index is 750. The van der Waals surface area contributed by atoms with E-state index in [1.165, 1.54) is 47.2 Å². The van der Waals surface area contributed by atoms with Crippen molar-refractivity contribution in [1.29, 1.82) is 0 Å². The first-order valence-corrected chi connectivity index (χ1v) is 24.0. The molecule has 22 heteroatoms. The quantitative estimate of drug-likeness (QED) is 0.0195. The summed E-state index contributed by atoms with van der Waals surface area (Å²) in [6.07, 6.45) is 0.817. The summed E-state index contributed by atoms with van der Waals surface area (Å²) in [7, 11) is -1.14. The number of hydrogen-bond acceptors (Lipinski definition) is 19. The Hall–Kier alpha value is 1.06. The average molecular weight is 797 g/mol. The first-order chi connectivity index (χ1) is 21.1. The molecule has 1 unspecified atom stereocenters. The van der Waals surface area contributed by atoms with Crippen LogP contribution in [0.1, 0.15) is 0 Å². The molecule has 0 bridgehead atoms. The van der Waals surface area contributed by atoms with Crippen molar-refractivity contribution in [2.45, 2.75) is 0 Å². The Kier molecular flexibility index (Phi) is 38.4. The molecule has 0 aliphatic heterocycles. The third-order valence-corrected chi connectivity index (χ3v) is 14.3. The van der Waals surface area contributed by atoms with Crippen LogP contribution >= 0.6 is 106 Å². The van der Waals surface area contributed by atoms with Crippen LogP contribution in [-0.4, -0.2) is 136 Å². The summed E-state index contributed by atoms with van der Waals surface area (Å²) in [4.78, 5) is 41.3. The van der Waals surface area contributed by atoms with Crippen LogP contribution in [-0.2, 0) is 25.3 Å². The third-order valence-electron chi connectivity index (χ3n) is 3.56. The van der Waals surface area contributed by atoms with Crippen LogP contribution in [0.15, 0.2) is 9.98 Å². The van der Waals surface area contributed by atoms with Crippen LogP contribution in [0.4, 0.5) is 9.59 Å². The van der Waals surface area contributed by atoms with Crippen molar-refractivity contribution in [1.82, 2.24) is 10.6 Å². The predicted molar refractivity (Wildman–Crippen MR) is 201 cm³/mol. The van der Waals surface area contributed by atoms with E-state index in [1.807, 2.05) is 0 Å². The fourth-order valence-corrected chi connectivity index (χ4v) is 10.5. The molecule has 0 radical (unpaired) electrons. The number of aliphatic hydroxyl groups excluding tert-OH is 2. The minimum atomic E-state index is -1.14. The molecule has 0 aliphatic carbocycles. The molecule has 0 spiro atoms. The molecule has 0 aromatic heterocycles. The van der Waals surface area contributed by atoms with Gasteiger partial charge in [-0.25, -0.2) is 9.79 Å². The highest BCUT2D eigenvalue weighted by molar-refractivity contribution is 8.28. The second-order valence-corrected chi connectivity index (χ2v) is 19.2. The average Bonchev–Trinajstić information content (AvgIpc) is 3.00. The first kappa shape index (κ1) is 44.1. The molecule has 0 aromatic carbocycles. The first-order valence-electron chi connectivity index (χ1n) is 12.4. The summed E-state index contributed by atoms with van der Waals surface area (Å²) in [6.45, 7) is 1.03. The van der Waals surface area contributed by atoms with Gasteiger partial charge in [-0.05, 0) is 0 Å². The van der Waals surface area contributed by atoms with E-state index < -0.39 is 16.9 Å². The number of carbonyl (C=O) groups excluding carboxylic acids is 2. The summed E-state index contributed by atoms with van der Waals surface area (Å²) >= 11 is 13.8. The second-order valence-electron chi connectivity index (χ2n) is 6.83. The number of thioether (sulfide) groups is 9. The molecular weight excluding hydrogens is 757 g/mol. The van der Waals surface area contributed by atoms with Crippen LogP contribution in [0.3, 0.4) is 0 Å². The number of carbonyl (C=O) groups is 2. The summed E-state index contributed by atoms with van der Waals surface area (Å²) < 4.78 is 17.0. The standard InChI is InChI=1S/C21H40N4O8S10/c26-1-5-34-7-3-31-20(28)24-12-38-16-37-11-23-14-43(30)19-41-17-40-18-42-21(29)25-13-39-15-36-10-22-9-33-32-4-8-35-6-2-27/h9,14,26-27H,1-8,10-13,15-19H2,(H,24,28)(H,25,29)/b22-9+,23-14+. The maximum Gasteiger partial charge on any atom is 0.407 e. The molecule has 0 fully saturated rings. The van der Waals surface area contributed by atoms with Gasteiger partial charge in [-0.3, -0.25) is 14.0 Å². The monoisotopic (exact) mass is 796 g/mol. The zero-order valence-corrected chi connectivity index (χ0v) is 31.7. The van der Waals surface area contributed by atoms with Crippen LogP contribution < -0.4 is 10.6 Å². The van der Waals surface area contributed by atoms with Gasteiger partial charge < -0.3 is 30.5 Å². The smallest absolute Gasteiger partial charge is 0.407 e. The zero-order valence-electron chi connectivity index (χ0n) is 23.5. The van der Waals surface area contributed by atoms with Crippen molar-refractivity contribution in [2.24, 2.45) is 9.98 Å². The molecule has 1 atom stereocenters. The van der Waals surface area contributed by atoms with Gasteiger partial charge in [0.05, 0.1) is 58.2 Å². The topological polar surface area (TPSA) is 168 Å². The molecule has 252 valence electrons. The number of amides is 2. The molecular formula is C21H40N4O8S10. The van der Waals surface area contributed by atoms with Gasteiger partial charge in [0.1, 0.15) is 13.2 Å². The second kappa shape index (κ2) is 37.5. The lowest BCUT2D eigenvalue weighted by molar-refractivity contribution is -0.210. The normalized spacial score (nSPS) is 12.1. The lowest BCUT2D eigenvalue weighted by Gasteiger charge is -2.06. The number of alkyl carbamates (subject to hydrolysis) is 1. The molecule has 2 amide bonds. The summed E-state index contributed by atoms with van der Waals surface area (Å²) in [5.74, 6) is 4.73. The number of aliphatic hydroxyl groups is 2. The Balaban J connectivity index is 3.42. The van der Waals surface area contributed by atoms with Gasteiger partial charge >= 0.3 is 6.09 Å². The summed E-state index contributed by atoms with van der Waals surface area (Å²) in [5, 5.41) is 26.1. The highest BCUT2D eigenvalue weighted by Crippen LogP contribution is 2.19. The Morgan fingerprint density at radius 2 is 1.40 bits per heavy atom. The molecule has 0 aromatic rings. The minimum absolute atomic E-state index is 0.0673. The number of nitrogens with one attached hydrogen (secondary N) is 2. The van der Waals surface area contributed by atoms with Crippen molar-refractivity contribution >= 4 is 140 Å². The number of hydrogen-bond donors (Lipinski definition) is 4. The van der Waals surface area contributed by atoms with Gasteiger partial charge in [-0.15, -0.1) is 70.6 Å². The minimum Gasteiger partial charge on any atom is -0.449 e. The van der Waals surface area contributed by atoms with E-state index in [0.717, 1.165) is 21.0 Å². The maximum atomic E-state index is 12.0. The van der Waals surface area contributed by atoms with E-state index in [1.54, 1.807) is 70.6 Å². The maximum absolute atomic E-state index is 12.0. The van der Waals surface area contributed by atoms with Crippen molar-refractivity contribution in [3.05, 3.63) is 0 Å². The molecule has 12 nitrogen and oxygen atoms in total. The van der Waals surface area contributed by atoms with E-state index in [4.69, 9.17) is 24.7 Å². The molecule has 4 N–H and O–H groups in total. The number of aliphatic imine (C=N–C) groups is 2. The highest BCUT2D eigenvalue weighted by Gasteiger charge is 2.03. The molecule has 43 heavy (non-hydrogen) atoms. The van der Waals surface area contributed by atoms with Crippen LogP contribution in [0, 0.1) is 0 Å². The van der Waals surface area contributed by atoms with Crippen molar-refractivity contribution in [3.63, 3.8) is 0 Å². The fourth-order valence-electron chi connectivity index (χ4n) is 1.91. The lowest BCUT2D eigenvalue weighted by Crippen LogP contribution is -2.24. The van der Waals surface area contributed by atoms with E-state index in [0.29, 0.717) is 64.1 Å². The number of nitrogens with zero attached hydrogens (tertiary/aromatic N) is 2. The number of ether oxygens (including phenoxy) is 1. The van der Waals surface area contributed by atoms with Crippen molar-refractivity contribution in [2.75, 3.05) is 98.4 Å². The summed E-state index contributed by atoms with van der Waals surface area (Å²) in [6, 6.07) is 0. The van der Waals surface area contributed by atoms with Crippen LogP contribution in [0.5, 0.6) is 0 Å². The van der Waals surface area contributed by atoms with Gasteiger partial charge in [0.25, 0.3) is 5.24 Å². The molecule has 0 heterocycles. The Morgan fingerprint density at radius 1 is 0.744 bits per heavy atom. The van der Waals surface area contributed by atoms with Gasteiger partial charge in [0.2, 0.25) is 6.40 Å². The fraction of sp³-hybridized carbons (Fsp3) is 0.810. The van der Waals surface area contributed by atoms with Crippen LogP contribution in [0.25, 0.3) is 0 Å². The molecule has 0 saturated heterocycles. The Labute approximate surface area is 295 Å². The molecule has 0 saturated carbocycles. The summed E-state index contributed by atoms with van der Waals surface area (Å²) in [5.41, 5.74) is 1.47. The highest BCUT2D eigenvalue weighted by atomic mass is 32.3.